The largest absolute Gasteiger partial charge is 0.339 e. The number of nitrogens with zero attached hydrogens (tertiary/aromatic N) is 2. The number of thioether (sulfide) groups is 2. The van der Waals surface area contributed by atoms with Crippen LogP contribution in [-0.4, -0.2) is 40.0 Å². The maximum atomic E-state index is 5.43. The van der Waals surface area contributed by atoms with Crippen molar-refractivity contribution in [3.8, 4) is 0 Å². The molecule has 1 fully saturated rings. The number of hydrogen-bond donors (Lipinski definition) is 1. The van der Waals surface area contributed by atoms with Crippen molar-refractivity contribution in [3.63, 3.8) is 0 Å². The van der Waals surface area contributed by atoms with Gasteiger partial charge in [-0.3, -0.25) is 0 Å². The summed E-state index contributed by atoms with van der Waals surface area (Å²) in [6, 6.07) is 0.488. The molecule has 1 saturated heterocycles. The average Bonchev–Trinajstić information content (AvgIpc) is 3.02. The zero-order valence-corrected chi connectivity index (χ0v) is 12.6. The lowest BCUT2D eigenvalue weighted by Gasteiger charge is -2.16. The van der Waals surface area contributed by atoms with E-state index < -0.39 is 0 Å². The van der Waals surface area contributed by atoms with E-state index in [2.05, 4.69) is 29.3 Å². The Kier molecular flexibility index (Phi) is 5.85. The highest BCUT2D eigenvalue weighted by Gasteiger charge is 2.32. The molecule has 4 nitrogen and oxygen atoms in total. The molecule has 0 saturated carbocycles. The molecule has 18 heavy (non-hydrogen) atoms. The predicted octanol–water partition coefficient (Wildman–Crippen LogP) is 2.52. The van der Waals surface area contributed by atoms with Crippen LogP contribution >= 0.6 is 23.5 Å². The predicted molar refractivity (Wildman–Crippen MR) is 78.3 cm³/mol. The molecule has 1 aliphatic heterocycles. The SMILES string of the molecule is CCCNC1CSCC1c1nc(CSCC)no1. The van der Waals surface area contributed by atoms with Crippen molar-refractivity contribution in [2.45, 2.75) is 38.0 Å². The smallest absolute Gasteiger partial charge is 0.232 e. The van der Waals surface area contributed by atoms with Crippen LogP contribution in [0.1, 0.15) is 37.9 Å². The van der Waals surface area contributed by atoms with Crippen LogP contribution in [0, 0.1) is 0 Å². The molecule has 2 rings (SSSR count). The quantitative estimate of drug-likeness (QED) is 0.831. The van der Waals surface area contributed by atoms with Crippen molar-refractivity contribution in [2.75, 3.05) is 23.8 Å². The summed E-state index contributed by atoms with van der Waals surface area (Å²) in [5.41, 5.74) is 0. The fourth-order valence-corrected chi connectivity index (χ4v) is 3.87. The molecule has 0 spiro atoms. The summed E-state index contributed by atoms with van der Waals surface area (Å²) in [5.74, 6) is 6.21. The van der Waals surface area contributed by atoms with Gasteiger partial charge in [0.25, 0.3) is 0 Å². The number of hydrogen-bond acceptors (Lipinski definition) is 6. The van der Waals surface area contributed by atoms with Crippen molar-refractivity contribution in [3.05, 3.63) is 11.7 Å². The molecule has 2 unspecified atom stereocenters. The molecule has 6 heteroatoms. The molecular formula is C12H21N3OS2. The summed E-state index contributed by atoms with van der Waals surface area (Å²) in [4.78, 5) is 4.54. The van der Waals surface area contributed by atoms with Gasteiger partial charge in [-0.05, 0) is 18.7 Å². The van der Waals surface area contributed by atoms with Crippen LogP contribution in [0.5, 0.6) is 0 Å². The minimum Gasteiger partial charge on any atom is -0.339 e. The van der Waals surface area contributed by atoms with Crippen LogP contribution in [0.15, 0.2) is 4.52 Å². The van der Waals surface area contributed by atoms with E-state index in [4.69, 9.17) is 4.52 Å². The third kappa shape index (κ3) is 3.65. The van der Waals surface area contributed by atoms with Gasteiger partial charge in [-0.2, -0.15) is 28.5 Å². The first kappa shape index (κ1) is 14.2. The highest BCUT2D eigenvalue weighted by Crippen LogP contribution is 2.32. The van der Waals surface area contributed by atoms with Crippen LogP contribution in [0.25, 0.3) is 0 Å². The molecule has 0 aromatic carbocycles. The van der Waals surface area contributed by atoms with E-state index in [9.17, 15) is 0 Å². The average molecular weight is 287 g/mol. The first-order valence-corrected chi connectivity index (χ1v) is 8.87. The van der Waals surface area contributed by atoms with E-state index in [-0.39, 0.29) is 0 Å². The minimum atomic E-state index is 0.384. The van der Waals surface area contributed by atoms with E-state index >= 15 is 0 Å². The number of aromatic nitrogens is 2. The normalized spacial score (nSPS) is 23.7. The van der Waals surface area contributed by atoms with Gasteiger partial charge in [0, 0.05) is 17.5 Å². The van der Waals surface area contributed by atoms with Gasteiger partial charge in [0.05, 0.1) is 11.7 Å². The molecule has 2 atom stereocenters. The Morgan fingerprint density at radius 1 is 1.44 bits per heavy atom. The summed E-state index contributed by atoms with van der Waals surface area (Å²) in [5, 5.41) is 7.65. The van der Waals surface area contributed by atoms with Gasteiger partial charge in [0.15, 0.2) is 5.82 Å². The highest BCUT2D eigenvalue weighted by molar-refractivity contribution is 7.99. The van der Waals surface area contributed by atoms with E-state index in [0.717, 1.165) is 47.7 Å². The molecule has 0 amide bonds. The molecule has 1 aromatic heterocycles. The summed E-state index contributed by atoms with van der Waals surface area (Å²) in [6.07, 6.45) is 1.16. The summed E-state index contributed by atoms with van der Waals surface area (Å²) in [7, 11) is 0. The lowest BCUT2D eigenvalue weighted by Crippen LogP contribution is -2.34. The Balaban J connectivity index is 1.94. The van der Waals surface area contributed by atoms with Crippen molar-refractivity contribution in [2.24, 2.45) is 0 Å². The standard InChI is InChI=1S/C12H21N3OS2/c1-3-5-13-10-7-18-6-9(10)12-14-11(15-16-12)8-17-4-2/h9-10,13H,3-8H2,1-2H3. The number of rotatable bonds is 7. The van der Waals surface area contributed by atoms with Crippen LogP contribution < -0.4 is 5.32 Å². The molecule has 0 bridgehead atoms. The van der Waals surface area contributed by atoms with Gasteiger partial charge >= 0.3 is 0 Å². The van der Waals surface area contributed by atoms with Crippen LogP contribution in [0.2, 0.25) is 0 Å². The maximum absolute atomic E-state index is 5.43. The van der Waals surface area contributed by atoms with Gasteiger partial charge in [-0.25, -0.2) is 0 Å². The van der Waals surface area contributed by atoms with Gasteiger partial charge in [0.1, 0.15) is 0 Å². The Morgan fingerprint density at radius 2 is 2.33 bits per heavy atom. The molecular weight excluding hydrogens is 266 g/mol. The van der Waals surface area contributed by atoms with E-state index in [1.54, 1.807) is 0 Å². The van der Waals surface area contributed by atoms with Crippen LogP contribution in [-0.2, 0) is 5.75 Å². The molecule has 102 valence electrons. The van der Waals surface area contributed by atoms with E-state index in [0.29, 0.717) is 12.0 Å². The van der Waals surface area contributed by atoms with Crippen molar-refractivity contribution >= 4 is 23.5 Å². The molecule has 2 heterocycles. The first-order chi connectivity index (χ1) is 8.85. The van der Waals surface area contributed by atoms with E-state index in [1.165, 1.54) is 0 Å². The molecule has 0 aliphatic carbocycles. The molecule has 1 aromatic rings. The number of nitrogens with one attached hydrogen (secondary N) is 1. The zero-order valence-electron chi connectivity index (χ0n) is 11.0. The van der Waals surface area contributed by atoms with Crippen LogP contribution in [0.3, 0.4) is 0 Å². The Hall–Kier alpha value is -0.200. The Bertz CT molecular complexity index is 359. The molecule has 1 aliphatic rings. The minimum absolute atomic E-state index is 0.384. The summed E-state index contributed by atoms with van der Waals surface area (Å²) in [6.45, 7) is 5.40. The van der Waals surface area contributed by atoms with Crippen LogP contribution in [0.4, 0.5) is 0 Å². The summed E-state index contributed by atoms with van der Waals surface area (Å²) >= 11 is 3.79. The van der Waals surface area contributed by atoms with Gasteiger partial charge in [0.2, 0.25) is 5.89 Å². The fraction of sp³-hybridized carbons (Fsp3) is 0.833. The third-order valence-electron chi connectivity index (χ3n) is 2.97. The Labute approximate surface area is 117 Å². The second-order valence-electron chi connectivity index (χ2n) is 4.39. The van der Waals surface area contributed by atoms with E-state index in [1.807, 2.05) is 23.5 Å². The zero-order chi connectivity index (χ0) is 12.8. The molecule has 1 N–H and O–H groups in total. The summed E-state index contributed by atoms with van der Waals surface area (Å²) < 4.78 is 5.43. The molecule has 0 radical (unpaired) electrons. The van der Waals surface area contributed by atoms with Crippen molar-refractivity contribution < 1.29 is 4.52 Å². The lowest BCUT2D eigenvalue weighted by atomic mass is 10.0. The third-order valence-corrected chi connectivity index (χ3v) is 5.03. The highest BCUT2D eigenvalue weighted by atomic mass is 32.2. The van der Waals surface area contributed by atoms with Crippen molar-refractivity contribution in [1.29, 1.82) is 0 Å². The first-order valence-electron chi connectivity index (χ1n) is 6.56. The second-order valence-corrected chi connectivity index (χ2v) is 6.74. The van der Waals surface area contributed by atoms with Gasteiger partial charge in [-0.1, -0.05) is 19.0 Å². The lowest BCUT2D eigenvalue weighted by molar-refractivity contribution is 0.337. The topological polar surface area (TPSA) is 51.0 Å². The fourth-order valence-electron chi connectivity index (χ4n) is 2.00. The van der Waals surface area contributed by atoms with Gasteiger partial charge in [-0.15, -0.1) is 0 Å². The maximum Gasteiger partial charge on any atom is 0.232 e. The Morgan fingerprint density at radius 3 is 3.11 bits per heavy atom. The van der Waals surface area contributed by atoms with Crippen molar-refractivity contribution in [1.82, 2.24) is 15.5 Å². The monoisotopic (exact) mass is 287 g/mol. The second kappa shape index (κ2) is 7.40. The van der Waals surface area contributed by atoms with Gasteiger partial charge < -0.3 is 9.84 Å².